The summed E-state index contributed by atoms with van der Waals surface area (Å²) in [7, 11) is 2.98. The maximum absolute atomic E-state index is 14.3. The molecule has 0 radical (unpaired) electrons. The number of fused-ring (bicyclic) bond motifs is 1. The first kappa shape index (κ1) is 24.4. The van der Waals surface area contributed by atoms with Gasteiger partial charge >= 0.3 is 17.7 Å². The molecule has 3 aromatic rings. The number of halogens is 2. The molecule has 35 heavy (non-hydrogen) atoms. The average molecular weight is 497 g/mol. The second-order valence-corrected chi connectivity index (χ2v) is 7.49. The predicted molar refractivity (Wildman–Crippen MR) is 114 cm³/mol. The largest absolute Gasteiger partial charge is 0.496 e. The minimum absolute atomic E-state index is 0.271. The number of furan rings is 1. The highest BCUT2D eigenvalue weighted by molar-refractivity contribution is 5.86. The van der Waals surface area contributed by atoms with Crippen molar-refractivity contribution < 1.29 is 47.2 Å². The molecule has 1 fully saturated rings. The molecule has 1 saturated heterocycles. The molecule has 2 aromatic heterocycles. The summed E-state index contributed by atoms with van der Waals surface area (Å²) >= 11 is 0. The van der Waals surface area contributed by atoms with E-state index in [0.717, 1.165) is 12.3 Å². The number of benzene rings is 1. The van der Waals surface area contributed by atoms with Crippen LogP contribution in [0.15, 0.2) is 39.7 Å². The SMILES string of the molecule is COc1cc(OC)c2cc(COC(=O)Nc3ccn([C@@H]4O[C@H](CO)[C@@H](O)C4(F)F)c(=O)n3)oc2c1. The topological polar surface area (TPSA) is 155 Å². The van der Waals surface area contributed by atoms with Crippen LogP contribution in [-0.2, 0) is 16.1 Å². The Hall–Kier alpha value is -3.75. The Labute approximate surface area is 195 Å². The highest BCUT2D eigenvalue weighted by atomic mass is 19.3. The second-order valence-electron chi connectivity index (χ2n) is 7.49. The van der Waals surface area contributed by atoms with Crippen LogP contribution in [0.25, 0.3) is 11.0 Å². The Morgan fingerprint density at radius 1 is 1.29 bits per heavy atom. The summed E-state index contributed by atoms with van der Waals surface area (Å²) in [6.45, 7) is -1.14. The lowest BCUT2D eigenvalue weighted by molar-refractivity contribution is -0.140. The van der Waals surface area contributed by atoms with Crippen LogP contribution < -0.4 is 20.5 Å². The van der Waals surface area contributed by atoms with Gasteiger partial charge in [0.15, 0.2) is 12.7 Å². The van der Waals surface area contributed by atoms with E-state index < -0.39 is 42.7 Å². The normalized spacial score (nSPS) is 21.1. The first-order chi connectivity index (χ1) is 16.7. The molecule has 14 heteroatoms. The maximum Gasteiger partial charge on any atom is 0.413 e. The number of hydrogen-bond donors (Lipinski definition) is 3. The van der Waals surface area contributed by atoms with Gasteiger partial charge in [0.2, 0.25) is 6.23 Å². The van der Waals surface area contributed by atoms with Gasteiger partial charge in [0.25, 0.3) is 0 Å². The zero-order valence-corrected chi connectivity index (χ0v) is 18.4. The molecular weight excluding hydrogens is 476 g/mol. The quantitative estimate of drug-likeness (QED) is 0.439. The van der Waals surface area contributed by atoms with E-state index in [1.807, 2.05) is 0 Å². The fraction of sp³-hybridized carbons (Fsp3) is 0.381. The van der Waals surface area contributed by atoms with Crippen molar-refractivity contribution in [3.05, 3.63) is 46.7 Å². The van der Waals surface area contributed by atoms with Gasteiger partial charge in [-0.15, -0.1) is 0 Å². The van der Waals surface area contributed by atoms with Crippen LogP contribution in [0.5, 0.6) is 11.5 Å². The van der Waals surface area contributed by atoms with Crippen molar-refractivity contribution in [1.82, 2.24) is 9.55 Å². The molecule has 12 nitrogen and oxygen atoms in total. The zero-order chi connectivity index (χ0) is 25.3. The van der Waals surface area contributed by atoms with Crippen molar-refractivity contribution in [2.45, 2.75) is 31.0 Å². The Morgan fingerprint density at radius 2 is 2.06 bits per heavy atom. The van der Waals surface area contributed by atoms with E-state index in [1.54, 1.807) is 18.2 Å². The van der Waals surface area contributed by atoms with E-state index in [0.29, 0.717) is 32.8 Å². The molecule has 1 aromatic carbocycles. The molecule has 1 aliphatic rings. The lowest BCUT2D eigenvalue weighted by Gasteiger charge is -2.21. The number of nitrogens with one attached hydrogen (secondary N) is 1. The molecule has 3 N–H and O–H groups in total. The van der Waals surface area contributed by atoms with Gasteiger partial charge in [-0.1, -0.05) is 0 Å². The molecule has 0 unspecified atom stereocenters. The van der Waals surface area contributed by atoms with E-state index in [1.165, 1.54) is 14.2 Å². The molecule has 3 atom stereocenters. The van der Waals surface area contributed by atoms with Crippen LogP contribution in [0.3, 0.4) is 0 Å². The van der Waals surface area contributed by atoms with Crippen LogP contribution in [0, 0.1) is 0 Å². The molecule has 1 amide bonds. The van der Waals surface area contributed by atoms with E-state index in [-0.39, 0.29) is 12.4 Å². The number of nitrogens with zero attached hydrogens (tertiary/aromatic N) is 2. The van der Waals surface area contributed by atoms with E-state index >= 15 is 0 Å². The van der Waals surface area contributed by atoms with Crippen LogP contribution in [0.1, 0.15) is 12.0 Å². The van der Waals surface area contributed by atoms with E-state index in [9.17, 15) is 23.5 Å². The minimum atomic E-state index is -3.86. The van der Waals surface area contributed by atoms with Crippen LogP contribution in [0.4, 0.5) is 19.4 Å². The fourth-order valence-corrected chi connectivity index (χ4v) is 3.55. The zero-order valence-electron chi connectivity index (χ0n) is 18.4. The summed E-state index contributed by atoms with van der Waals surface area (Å²) in [6, 6.07) is 6.00. The smallest absolute Gasteiger partial charge is 0.413 e. The summed E-state index contributed by atoms with van der Waals surface area (Å²) in [4.78, 5) is 27.9. The predicted octanol–water partition coefficient (Wildman–Crippen LogP) is 1.64. The highest BCUT2D eigenvalue weighted by Crippen LogP contribution is 2.42. The maximum atomic E-state index is 14.3. The minimum Gasteiger partial charge on any atom is -0.496 e. The first-order valence-corrected chi connectivity index (χ1v) is 10.2. The summed E-state index contributed by atoms with van der Waals surface area (Å²) in [5.74, 6) is -2.82. The van der Waals surface area contributed by atoms with Gasteiger partial charge in [0, 0.05) is 18.3 Å². The van der Waals surface area contributed by atoms with Crippen molar-refractivity contribution in [2.24, 2.45) is 0 Å². The number of carbonyl (C=O) groups is 1. The number of carbonyl (C=O) groups excluding carboxylic acids is 1. The third kappa shape index (κ3) is 4.62. The number of methoxy groups -OCH3 is 2. The highest BCUT2D eigenvalue weighted by Gasteiger charge is 2.59. The van der Waals surface area contributed by atoms with Crippen molar-refractivity contribution in [2.75, 3.05) is 26.1 Å². The van der Waals surface area contributed by atoms with Gasteiger partial charge in [0.05, 0.1) is 26.2 Å². The van der Waals surface area contributed by atoms with Gasteiger partial charge in [-0.05, 0) is 12.1 Å². The molecule has 0 saturated carbocycles. The van der Waals surface area contributed by atoms with Gasteiger partial charge in [-0.2, -0.15) is 13.8 Å². The third-order valence-electron chi connectivity index (χ3n) is 5.30. The van der Waals surface area contributed by atoms with E-state index in [2.05, 4.69) is 10.3 Å². The monoisotopic (exact) mass is 497 g/mol. The van der Waals surface area contributed by atoms with Gasteiger partial charge in [-0.3, -0.25) is 9.88 Å². The van der Waals surface area contributed by atoms with Crippen molar-refractivity contribution in [3.63, 3.8) is 0 Å². The van der Waals surface area contributed by atoms with Crippen LogP contribution in [0.2, 0.25) is 0 Å². The number of alkyl halides is 2. The fourth-order valence-electron chi connectivity index (χ4n) is 3.55. The molecule has 188 valence electrons. The second kappa shape index (κ2) is 9.48. The van der Waals surface area contributed by atoms with Gasteiger partial charge < -0.3 is 33.6 Å². The lowest BCUT2D eigenvalue weighted by atomic mass is 10.1. The Kier molecular flexibility index (Phi) is 6.60. The molecule has 0 bridgehead atoms. The number of ether oxygens (including phenoxy) is 4. The van der Waals surface area contributed by atoms with Gasteiger partial charge in [-0.25, -0.2) is 9.59 Å². The van der Waals surface area contributed by atoms with E-state index in [4.69, 9.17) is 28.5 Å². The Bertz CT molecular complexity index is 1290. The number of amides is 1. The van der Waals surface area contributed by atoms with Gasteiger partial charge in [0.1, 0.15) is 34.8 Å². The summed E-state index contributed by atoms with van der Waals surface area (Å²) < 4.78 is 55.0. The standard InChI is InChI=1S/C21H21F2N3O9/c1-31-10-6-13(32-2)12-5-11(34-14(12)7-10)9-33-20(30)25-16-3-4-26(19(29)24-16)18-21(22,23)17(28)15(8-27)35-18/h3-7,15,17-18,27-28H,8-9H2,1-2H3,(H,24,25,29,30)/t15-,17-,18-/m1/s1. The number of aromatic nitrogens is 2. The van der Waals surface area contributed by atoms with Crippen molar-refractivity contribution in [1.29, 1.82) is 0 Å². The Balaban J connectivity index is 1.42. The average Bonchev–Trinajstić information content (AvgIpc) is 3.35. The lowest BCUT2D eigenvalue weighted by Crippen LogP contribution is -2.41. The Morgan fingerprint density at radius 3 is 2.69 bits per heavy atom. The number of hydrogen-bond acceptors (Lipinski definition) is 10. The molecule has 4 rings (SSSR count). The molecular formula is C21H21F2N3O9. The third-order valence-corrected chi connectivity index (χ3v) is 5.30. The summed E-state index contributed by atoms with van der Waals surface area (Å²) in [5.41, 5.74) is -0.735. The molecule has 3 heterocycles. The first-order valence-electron chi connectivity index (χ1n) is 10.2. The molecule has 0 spiro atoms. The molecule has 1 aliphatic heterocycles. The number of rotatable bonds is 7. The van der Waals surface area contributed by atoms with Crippen molar-refractivity contribution in [3.8, 4) is 11.5 Å². The number of anilines is 1. The van der Waals surface area contributed by atoms with Crippen molar-refractivity contribution >= 4 is 22.9 Å². The molecule has 0 aliphatic carbocycles. The number of aliphatic hydroxyl groups is 2. The number of aliphatic hydroxyl groups excluding tert-OH is 2. The van der Waals surface area contributed by atoms with Crippen LogP contribution in [-0.4, -0.2) is 64.8 Å². The van der Waals surface area contributed by atoms with Crippen LogP contribution >= 0.6 is 0 Å². The summed E-state index contributed by atoms with van der Waals surface area (Å²) in [6.07, 6.45) is -6.14. The summed E-state index contributed by atoms with van der Waals surface area (Å²) in [5, 5.41) is 21.5.